The van der Waals surface area contributed by atoms with Crippen molar-refractivity contribution in [2.75, 3.05) is 5.32 Å². The van der Waals surface area contributed by atoms with Gasteiger partial charge in [0.05, 0.1) is 12.2 Å². The molecule has 0 amide bonds. The molecule has 0 spiro atoms. The van der Waals surface area contributed by atoms with E-state index < -0.39 is 0 Å². The molecule has 0 unspecified atom stereocenters. The number of rotatable bonds is 5. The van der Waals surface area contributed by atoms with Crippen molar-refractivity contribution >= 4 is 17.5 Å². The molecule has 4 N–H and O–H groups in total. The van der Waals surface area contributed by atoms with E-state index in [1.54, 1.807) is 16.8 Å². The van der Waals surface area contributed by atoms with Gasteiger partial charge in [0.1, 0.15) is 5.82 Å². The van der Waals surface area contributed by atoms with Crippen LogP contribution in [0.25, 0.3) is 11.7 Å². The Balaban J connectivity index is 1.58. The van der Waals surface area contributed by atoms with Gasteiger partial charge < -0.3 is 15.5 Å². The van der Waals surface area contributed by atoms with Crippen LogP contribution in [0.2, 0.25) is 0 Å². The van der Waals surface area contributed by atoms with Crippen LogP contribution in [0.5, 0.6) is 11.8 Å². The quantitative estimate of drug-likeness (QED) is 0.408. The third kappa shape index (κ3) is 3.71. The monoisotopic (exact) mass is 402 g/mol. The Kier molecular flexibility index (Phi) is 4.39. The van der Waals surface area contributed by atoms with Crippen molar-refractivity contribution in [3.05, 3.63) is 70.0 Å². The fourth-order valence-corrected chi connectivity index (χ4v) is 3.38. The van der Waals surface area contributed by atoms with Crippen molar-refractivity contribution in [3.8, 4) is 11.8 Å². The van der Waals surface area contributed by atoms with Gasteiger partial charge in [-0.1, -0.05) is 29.8 Å². The highest BCUT2D eigenvalue weighted by molar-refractivity contribution is 5.62. The van der Waals surface area contributed by atoms with Crippen molar-refractivity contribution < 1.29 is 10.2 Å². The Morgan fingerprint density at radius 1 is 1.27 bits per heavy atom. The van der Waals surface area contributed by atoms with Crippen molar-refractivity contribution in [1.82, 2.24) is 19.6 Å². The number of aromatic hydroxyl groups is 2. The minimum absolute atomic E-state index is 0.104. The number of fused-ring (bicyclic) bond motifs is 1. The number of H-pyrrole nitrogens is 1. The number of aryl methyl sites for hydroxylation is 1. The minimum Gasteiger partial charge on any atom is -0.494 e. The lowest BCUT2D eigenvalue weighted by Crippen LogP contribution is -2.20. The molecular weight excluding hydrogens is 380 g/mol. The van der Waals surface area contributed by atoms with E-state index in [1.165, 1.54) is 17.2 Å². The zero-order valence-corrected chi connectivity index (χ0v) is 16.5. The molecule has 5 rings (SSSR count). The molecule has 0 saturated heterocycles. The van der Waals surface area contributed by atoms with Gasteiger partial charge in [-0.05, 0) is 31.4 Å². The Morgan fingerprint density at radius 3 is 2.87 bits per heavy atom. The summed E-state index contributed by atoms with van der Waals surface area (Å²) >= 11 is 0. The predicted octanol–water partition coefficient (Wildman–Crippen LogP) is 2.00. The Hall–Kier alpha value is -3.81. The molecule has 0 atom stereocenters. The molecule has 1 aliphatic rings. The Labute approximate surface area is 172 Å². The summed E-state index contributed by atoms with van der Waals surface area (Å²) in [5.74, 6) is 0.497. The number of aromatic amines is 1. The summed E-state index contributed by atoms with van der Waals surface area (Å²) in [6.07, 6.45) is 5.59. The second-order valence-corrected chi connectivity index (χ2v) is 7.64. The normalized spacial score (nSPS) is 15.2. The first kappa shape index (κ1) is 18.2. The molecule has 4 aromatic rings. The minimum atomic E-state index is -0.108. The van der Waals surface area contributed by atoms with E-state index in [0.717, 1.165) is 23.5 Å². The fraction of sp³-hybridized carbons (Fsp3) is 0.227. The second-order valence-electron chi connectivity index (χ2n) is 7.64. The molecule has 8 nitrogen and oxygen atoms in total. The van der Waals surface area contributed by atoms with Gasteiger partial charge in [-0.25, -0.2) is 4.98 Å². The molecule has 1 saturated carbocycles. The van der Waals surface area contributed by atoms with Gasteiger partial charge in [0.15, 0.2) is 22.9 Å². The van der Waals surface area contributed by atoms with Gasteiger partial charge in [0, 0.05) is 29.5 Å². The van der Waals surface area contributed by atoms with E-state index in [-0.39, 0.29) is 11.8 Å². The van der Waals surface area contributed by atoms with Crippen LogP contribution in [0.3, 0.4) is 0 Å². The standard InChI is InChI=1S/C22H22N6O2/c1-13-3-2-4-14(7-13)11-23-18-10-19(25-17-5-6-17)28-21(26-18)16(12-24-28)8-15-9-20(29)27-22(15)30/h2-4,7-10,12,17,23,27,29-30H,5-6,11H2,1H3. The summed E-state index contributed by atoms with van der Waals surface area (Å²) in [5, 5.41) is 28.1. The highest BCUT2D eigenvalue weighted by atomic mass is 16.3. The maximum absolute atomic E-state index is 9.95. The highest BCUT2D eigenvalue weighted by Crippen LogP contribution is 2.23. The number of anilines is 1. The summed E-state index contributed by atoms with van der Waals surface area (Å²) in [7, 11) is 0. The lowest BCUT2D eigenvalue weighted by atomic mass is 10.1. The SMILES string of the molecule is Cc1cccc(CNc2cc(=NC3CC3)n3ncc(=Cc4cc(O)[nH]c4O)c3n2)c1. The number of nitrogens with zero attached hydrogens (tertiary/aromatic N) is 4. The zero-order chi connectivity index (χ0) is 20.7. The van der Waals surface area contributed by atoms with E-state index >= 15 is 0 Å². The average Bonchev–Trinajstić information content (AvgIpc) is 3.35. The number of hydrogen-bond acceptors (Lipinski definition) is 6. The third-order valence-electron chi connectivity index (χ3n) is 5.02. The number of nitrogens with one attached hydrogen (secondary N) is 2. The van der Waals surface area contributed by atoms with Gasteiger partial charge in [-0.3, -0.25) is 9.98 Å². The smallest absolute Gasteiger partial charge is 0.198 e. The van der Waals surface area contributed by atoms with Crippen molar-refractivity contribution in [2.24, 2.45) is 4.99 Å². The van der Waals surface area contributed by atoms with E-state index in [1.807, 2.05) is 12.1 Å². The van der Waals surface area contributed by atoms with E-state index in [0.29, 0.717) is 29.6 Å². The molecule has 0 bridgehead atoms. The lowest BCUT2D eigenvalue weighted by molar-refractivity contribution is 0.425. The van der Waals surface area contributed by atoms with E-state index in [9.17, 15) is 10.2 Å². The fourth-order valence-electron chi connectivity index (χ4n) is 3.38. The largest absolute Gasteiger partial charge is 0.494 e. The average molecular weight is 402 g/mol. The van der Waals surface area contributed by atoms with Crippen LogP contribution in [-0.4, -0.2) is 35.8 Å². The topological polar surface area (TPSA) is 111 Å². The first-order chi connectivity index (χ1) is 14.5. The second kappa shape index (κ2) is 7.22. The summed E-state index contributed by atoms with van der Waals surface area (Å²) in [4.78, 5) is 12.0. The van der Waals surface area contributed by atoms with Crippen LogP contribution in [0.15, 0.2) is 47.6 Å². The Bertz CT molecular complexity index is 1350. The van der Waals surface area contributed by atoms with Crippen LogP contribution >= 0.6 is 0 Å². The zero-order valence-electron chi connectivity index (χ0n) is 16.5. The van der Waals surface area contributed by atoms with Gasteiger partial charge in [-0.15, -0.1) is 0 Å². The van der Waals surface area contributed by atoms with Crippen molar-refractivity contribution in [3.63, 3.8) is 0 Å². The van der Waals surface area contributed by atoms with Crippen LogP contribution in [0, 0.1) is 6.92 Å². The Morgan fingerprint density at radius 2 is 2.13 bits per heavy atom. The third-order valence-corrected chi connectivity index (χ3v) is 5.02. The maximum atomic E-state index is 9.95. The molecule has 1 aromatic carbocycles. The summed E-state index contributed by atoms with van der Waals surface area (Å²) < 4.78 is 1.71. The van der Waals surface area contributed by atoms with Crippen LogP contribution < -0.4 is 16.0 Å². The first-order valence-electron chi connectivity index (χ1n) is 9.90. The summed E-state index contributed by atoms with van der Waals surface area (Å²) in [5.41, 5.74) is 4.22. The van der Waals surface area contributed by atoms with Gasteiger partial charge >= 0.3 is 0 Å². The number of benzene rings is 1. The van der Waals surface area contributed by atoms with Gasteiger partial charge in [-0.2, -0.15) is 9.61 Å². The van der Waals surface area contributed by atoms with E-state index in [2.05, 4.69) is 40.5 Å². The summed E-state index contributed by atoms with van der Waals surface area (Å²) in [6.45, 7) is 2.72. The molecular formula is C22H22N6O2. The molecule has 1 aliphatic carbocycles. The molecule has 0 aliphatic heterocycles. The number of aromatic nitrogens is 4. The highest BCUT2D eigenvalue weighted by Gasteiger charge is 2.20. The molecule has 1 fully saturated rings. The predicted molar refractivity (Wildman–Crippen MR) is 113 cm³/mol. The molecule has 3 aromatic heterocycles. The van der Waals surface area contributed by atoms with Gasteiger partial charge in [0.2, 0.25) is 0 Å². The molecule has 30 heavy (non-hydrogen) atoms. The van der Waals surface area contributed by atoms with Crippen LogP contribution in [-0.2, 0) is 6.54 Å². The van der Waals surface area contributed by atoms with Crippen molar-refractivity contribution in [2.45, 2.75) is 32.4 Å². The lowest BCUT2D eigenvalue weighted by Gasteiger charge is -2.07. The molecule has 3 heterocycles. The van der Waals surface area contributed by atoms with Gasteiger partial charge in [0.25, 0.3) is 0 Å². The van der Waals surface area contributed by atoms with Crippen LogP contribution in [0.4, 0.5) is 5.82 Å². The molecule has 0 radical (unpaired) electrons. The summed E-state index contributed by atoms with van der Waals surface area (Å²) in [6, 6.07) is 12.0. The maximum Gasteiger partial charge on any atom is 0.198 e. The first-order valence-corrected chi connectivity index (χ1v) is 9.90. The molecule has 8 heteroatoms. The van der Waals surface area contributed by atoms with Crippen LogP contribution in [0.1, 0.15) is 29.5 Å². The van der Waals surface area contributed by atoms with E-state index in [4.69, 9.17) is 9.98 Å². The molecule has 152 valence electrons. The number of hydrogen-bond donors (Lipinski definition) is 4. The van der Waals surface area contributed by atoms with Crippen molar-refractivity contribution in [1.29, 1.82) is 0 Å².